The Bertz CT molecular complexity index is 602. The molecule has 0 aromatic heterocycles. The van der Waals surface area contributed by atoms with E-state index in [4.69, 9.17) is 4.74 Å². The van der Waals surface area contributed by atoms with Crippen molar-refractivity contribution in [3.05, 3.63) is 23.3 Å². The first-order valence-corrected chi connectivity index (χ1v) is 8.34. The van der Waals surface area contributed by atoms with Crippen molar-refractivity contribution in [3.8, 4) is 11.5 Å². The number of hydrogen-bond acceptors (Lipinski definition) is 4. The van der Waals surface area contributed by atoms with E-state index in [2.05, 4.69) is 18.0 Å². The maximum Gasteiger partial charge on any atom is 0.161 e. The normalized spacial score (nSPS) is 37.3. The number of hydrogen-bond donors (Lipinski definition) is 2. The molecule has 2 aliphatic carbocycles. The van der Waals surface area contributed by atoms with E-state index in [9.17, 15) is 10.2 Å². The van der Waals surface area contributed by atoms with Crippen LogP contribution in [0.1, 0.15) is 36.8 Å². The predicted octanol–water partition coefficient (Wildman–Crippen LogP) is 2.06. The van der Waals surface area contributed by atoms with Crippen LogP contribution in [0, 0.1) is 5.92 Å². The average molecular weight is 303 g/mol. The summed E-state index contributed by atoms with van der Waals surface area (Å²) >= 11 is 0. The van der Waals surface area contributed by atoms with Crippen LogP contribution in [-0.2, 0) is 11.8 Å². The molecule has 4 heteroatoms. The lowest BCUT2D eigenvalue weighted by Crippen LogP contribution is -2.61. The van der Waals surface area contributed by atoms with Crippen LogP contribution in [0.25, 0.3) is 0 Å². The SMILES string of the molecule is COc1ccc2c(c1O)[C@]13CCN(C)[C@H](C2)[C@@H]1CCC(O)C3. The van der Waals surface area contributed by atoms with E-state index in [0.29, 0.717) is 23.5 Å². The first-order valence-electron chi connectivity index (χ1n) is 8.34. The molecule has 120 valence electrons. The minimum absolute atomic E-state index is 0.0823. The van der Waals surface area contributed by atoms with Crippen LogP contribution in [0.3, 0.4) is 0 Å². The average Bonchev–Trinajstić information content (AvgIpc) is 2.50. The van der Waals surface area contributed by atoms with Crippen molar-refractivity contribution >= 4 is 0 Å². The molecule has 0 amide bonds. The second kappa shape index (κ2) is 4.87. The zero-order valence-electron chi connectivity index (χ0n) is 13.4. The van der Waals surface area contributed by atoms with Crippen LogP contribution >= 0.6 is 0 Å². The maximum atomic E-state index is 10.8. The predicted molar refractivity (Wildman–Crippen MR) is 84.4 cm³/mol. The van der Waals surface area contributed by atoms with Gasteiger partial charge < -0.3 is 19.8 Å². The van der Waals surface area contributed by atoms with E-state index in [-0.39, 0.29) is 11.5 Å². The zero-order chi connectivity index (χ0) is 15.5. The molecule has 1 aliphatic heterocycles. The molecule has 2 fully saturated rings. The lowest BCUT2D eigenvalue weighted by atomic mass is 9.51. The molecular formula is C18H25NO3. The molecule has 0 radical (unpaired) electrons. The molecule has 2 N–H and O–H groups in total. The number of ether oxygens (including phenoxy) is 1. The van der Waals surface area contributed by atoms with Gasteiger partial charge in [0.25, 0.3) is 0 Å². The Morgan fingerprint density at radius 2 is 2.14 bits per heavy atom. The lowest BCUT2D eigenvalue weighted by Gasteiger charge is -2.59. The van der Waals surface area contributed by atoms with Crippen molar-refractivity contribution in [2.75, 3.05) is 20.7 Å². The molecule has 4 rings (SSSR count). The maximum absolute atomic E-state index is 10.8. The highest BCUT2D eigenvalue weighted by Gasteiger charge is 2.56. The Balaban J connectivity index is 1.93. The van der Waals surface area contributed by atoms with Crippen molar-refractivity contribution in [2.24, 2.45) is 5.92 Å². The molecule has 3 aliphatic rings. The van der Waals surface area contributed by atoms with E-state index < -0.39 is 0 Å². The highest BCUT2D eigenvalue weighted by Crippen LogP contribution is 2.58. The van der Waals surface area contributed by atoms with Gasteiger partial charge in [0, 0.05) is 17.0 Å². The molecule has 1 saturated carbocycles. The minimum Gasteiger partial charge on any atom is -0.504 e. The largest absolute Gasteiger partial charge is 0.504 e. The molecule has 2 bridgehead atoms. The van der Waals surface area contributed by atoms with Gasteiger partial charge in [-0.15, -0.1) is 0 Å². The molecule has 1 aromatic rings. The van der Waals surface area contributed by atoms with Crippen molar-refractivity contribution in [1.82, 2.24) is 4.90 Å². The van der Waals surface area contributed by atoms with E-state index in [1.54, 1.807) is 7.11 Å². The third-order valence-electron chi connectivity index (χ3n) is 6.44. The molecule has 22 heavy (non-hydrogen) atoms. The minimum atomic E-state index is -0.253. The van der Waals surface area contributed by atoms with Crippen LogP contribution < -0.4 is 4.74 Å². The van der Waals surface area contributed by atoms with Crippen molar-refractivity contribution < 1.29 is 14.9 Å². The third kappa shape index (κ3) is 1.77. The van der Waals surface area contributed by atoms with Gasteiger partial charge in [-0.1, -0.05) is 6.07 Å². The summed E-state index contributed by atoms with van der Waals surface area (Å²) in [7, 11) is 3.82. The molecule has 1 heterocycles. The van der Waals surface area contributed by atoms with Gasteiger partial charge in [0.05, 0.1) is 13.2 Å². The number of aromatic hydroxyl groups is 1. The number of benzene rings is 1. The number of methoxy groups -OCH3 is 1. The van der Waals surface area contributed by atoms with Crippen LogP contribution in [0.2, 0.25) is 0 Å². The number of phenols is 1. The molecule has 1 unspecified atom stereocenters. The monoisotopic (exact) mass is 303 g/mol. The van der Waals surface area contributed by atoms with Gasteiger partial charge in [-0.25, -0.2) is 0 Å². The Kier molecular flexibility index (Phi) is 3.17. The summed E-state index contributed by atoms with van der Waals surface area (Å²) in [6, 6.07) is 4.51. The second-order valence-electron chi connectivity index (χ2n) is 7.35. The van der Waals surface area contributed by atoms with Gasteiger partial charge in [-0.2, -0.15) is 0 Å². The first kappa shape index (κ1) is 14.3. The molecule has 0 spiro atoms. The fourth-order valence-electron chi connectivity index (χ4n) is 5.46. The summed E-state index contributed by atoms with van der Waals surface area (Å²) in [5.74, 6) is 1.39. The lowest BCUT2D eigenvalue weighted by molar-refractivity contribution is -0.0403. The third-order valence-corrected chi connectivity index (χ3v) is 6.44. The Morgan fingerprint density at radius 3 is 2.91 bits per heavy atom. The van der Waals surface area contributed by atoms with Gasteiger partial charge in [0.2, 0.25) is 0 Å². The topological polar surface area (TPSA) is 52.9 Å². The van der Waals surface area contributed by atoms with Crippen LogP contribution in [0.5, 0.6) is 11.5 Å². The Hall–Kier alpha value is -1.26. The molecule has 4 nitrogen and oxygen atoms in total. The summed E-state index contributed by atoms with van der Waals surface area (Å²) in [6.07, 6.45) is 4.46. The van der Waals surface area contributed by atoms with Gasteiger partial charge in [0.15, 0.2) is 11.5 Å². The summed E-state index contributed by atoms with van der Waals surface area (Å²) in [6.45, 7) is 1.03. The van der Waals surface area contributed by atoms with E-state index in [1.807, 2.05) is 6.07 Å². The van der Waals surface area contributed by atoms with Crippen LogP contribution in [0.15, 0.2) is 12.1 Å². The molecule has 1 saturated heterocycles. The molecular weight excluding hydrogens is 278 g/mol. The summed E-state index contributed by atoms with van der Waals surface area (Å²) < 4.78 is 5.35. The van der Waals surface area contributed by atoms with Crippen molar-refractivity contribution in [2.45, 2.75) is 49.7 Å². The number of fused-ring (bicyclic) bond motifs is 1. The summed E-state index contributed by atoms with van der Waals surface area (Å²) in [5.41, 5.74) is 2.22. The van der Waals surface area contributed by atoms with Gasteiger partial charge in [-0.3, -0.25) is 0 Å². The quantitative estimate of drug-likeness (QED) is 0.834. The number of phenolic OH excluding ortho intramolecular Hbond substituents is 1. The zero-order valence-corrected chi connectivity index (χ0v) is 13.4. The highest BCUT2D eigenvalue weighted by molar-refractivity contribution is 5.56. The number of aliphatic hydroxyl groups excluding tert-OH is 1. The van der Waals surface area contributed by atoms with Crippen molar-refractivity contribution in [3.63, 3.8) is 0 Å². The van der Waals surface area contributed by atoms with E-state index in [1.165, 1.54) is 5.56 Å². The number of likely N-dealkylation sites (tertiary alicyclic amines) is 1. The number of nitrogens with zero attached hydrogens (tertiary/aromatic N) is 1. The summed E-state index contributed by atoms with van der Waals surface area (Å²) in [5, 5.41) is 21.1. The smallest absolute Gasteiger partial charge is 0.161 e. The van der Waals surface area contributed by atoms with Gasteiger partial charge in [-0.05, 0) is 63.2 Å². The highest BCUT2D eigenvalue weighted by atomic mass is 16.5. The fourth-order valence-corrected chi connectivity index (χ4v) is 5.46. The fraction of sp³-hybridized carbons (Fsp3) is 0.667. The van der Waals surface area contributed by atoms with Gasteiger partial charge in [0.1, 0.15) is 0 Å². The van der Waals surface area contributed by atoms with Crippen LogP contribution in [-0.4, -0.2) is 48.0 Å². The van der Waals surface area contributed by atoms with Gasteiger partial charge >= 0.3 is 0 Å². The molecule has 4 atom stereocenters. The standard InChI is InChI=1S/C18H25NO3/c1-19-8-7-18-10-12(20)4-5-13(18)14(19)9-11-3-6-15(22-2)17(21)16(11)18/h3,6,12-14,20-21H,4-5,7-10H2,1-2H3/t12?,13-,14+,18-/m0/s1. The van der Waals surface area contributed by atoms with Crippen molar-refractivity contribution in [1.29, 1.82) is 0 Å². The number of aliphatic hydroxyl groups is 1. The first-order chi connectivity index (χ1) is 10.6. The Morgan fingerprint density at radius 1 is 1.32 bits per heavy atom. The second-order valence-corrected chi connectivity index (χ2v) is 7.35. The number of likely N-dealkylation sites (N-methyl/N-ethyl adjacent to an activating group) is 1. The molecule has 1 aromatic carbocycles. The number of rotatable bonds is 1. The van der Waals surface area contributed by atoms with Crippen LogP contribution in [0.4, 0.5) is 0 Å². The summed E-state index contributed by atoms with van der Waals surface area (Å²) in [4.78, 5) is 2.48. The van der Waals surface area contributed by atoms with E-state index in [0.717, 1.165) is 44.2 Å². The Labute approximate surface area is 131 Å². The van der Waals surface area contributed by atoms with E-state index >= 15 is 0 Å². The number of piperidine rings is 1.